The van der Waals surface area contributed by atoms with Crippen LogP contribution < -0.4 is 9.62 Å². The average Bonchev–Trinajstić information content (AvgIpc) is 2.99. The van der Waals surface area contributed by atoms with E-state index in [4.69, 9.17) is 0 Å². The van der Waals surface area contributed by atoms with Gasteiger partial charge in [0.1, 0.15) is 12.6 Å². The lowest BCUT2D eigenvalue weighted by Gasteiger charge is -2.34. The van der Waals surface area contributed by atoms with Gasteiger partial charge in [0.25, 0.3) is 10.0 Å². The number of nitrogens with one attached hydrogen (secondary N) is 1. The van der Waals surface area contributed by atoms with E-state index >= 15 is 0 Å². The number of carbonyl (C=O) groups is 2. The fraction of sp³-hybridized carbons (Fsp3) is 0.235. The summed E-state index contributed by atoms with van der Waals surface area (Å²) in [6.07, 6.45) is 0.271. The first-order valence-corrected chi connectivity index (χ1v) is 15.3. The van der Waals surface area contributed by atoms with Crippen LogP contribution in [0.4, 0.5) is 5.69 Å². The summed E-state index contributed by atoms with van der Waals surface area (Å²) >= 11 is 0. The van der Waals surface area contributed by atoms with Gasteiger partial charge in [-0.15, -0.1) is 0 Å². The van der Waals surface area contributed by atoms with E-state index in [1.165, 1.54) is 24.1 Å². The molecule has 1 N–H and O–H groups in total. The van der Waals surface area contributed by atoms with Gasteiger partial charge in [0.2, 0.25) is 11.8 Å². The number of hydrogen-bond acceptors (Lipinski definition) is 4. The van der Waals surface area contributed by atoms with Crippen LogP contribution in [0.2, 0.25) is 0 Å². The first-order chi connectivity index (χ1) is 20.1. The molecule has 0 saturated carbocycles. The molecule has 0 bridgehead atoms. The lowest BCUT2D eigenvalue weighted by molar-refractivity contribution is -0.139. The lowest BCUT2D eigenvalue weighted by Crippen LogP contribution is -2.53. The molecule has 8 heteroatoms. The Hall–Kier alpha value is -4.43. The zero-order valence-corrected chi connectivity index (χ0v) is 25.3. The van der Waals surface area contributed by atoms with Crippen molar-refractivity contribution in [3.8, 4) is 0 Å². The van der Waals surface area contributed by atoms with Gasteiger partial charge in [0.05, 0.1) is 10.6 Å². The molecule has 0 aliphatic carbocycles. The molecular weight excluding hydrogens is 546 g/mol. The molecule has 1 atom stereocenters. The number of nitrogens with zero attached hydrogens (tertiary/aromatic N) is 2. The quantitative estimate of drug-likeness (QED) is 0.263. The average molecular weight is 584 g/mol. The van der Waals surface area contributed by atoms with Crippen LogP contribution in [0.1, 0.15) is 27.8 Å². The Kier molecular flexibility index (Phi) is 9.80. The van der Waals surface area contributed by atoms with Crippen LogP contribution in [0, 0.1) is 20.8 Å². The maximum absolute atomic E-state index is 14.3. The Balaban J connectivity index is 1.80. The Labute approximate surface area is 248 Å². The third-order valence-electron chi connectivity index (χ3n) is 7.22. The Morgan fingerprint density at radius 2 is 1.36 bits per heavy atom. The van der Waals surface area contributed by atoms with Crippen molar-refractivity contribution in [2.75, 3.05) is 17.9 Å². The molecule has 4 rings (SSSR count). The van der Waals surface area contributed by atoms with E-state index in [0.717, 1.165) is 32.1 Å². The van der Waals surface area contributed by atoms with E-state index in [2.05, 4.69) is 5.32 Å². The Morgan fingerprint density at radius 1 is 0.762 bits per heavy atom. The Morgan fingerprint density at radius 3 is 1.95 bits per heavy atom. The van der Waals surface area contributed by atoms with E-state index < -0.39 is 28.5 Å². The van der Waals surface area contributed by atoms with Crippen LogP contribution in [0.5, 0.6) is 0 Å². The van der Waals surface area contributed by atoms with E-state index in [9.17, 15) is 18.0 Å². The van der Waals surface area contributed by atoms with Crippen LogP contribution >= 0.6 is 0 Å². The predicted molar refractivity (Wildman–Crippen MR) is 167 cm³/mol. The van der Waals surface area contributed by atoms with Crippen molar-refractivity contribution in [3.63, 3.8) is 0 Å². The molecule has 0 aromatic heterocycles. The largest absolute Gasteiger partial charge is 0.357 e. The molecule has 0 saturated heterocycles. The van der Waals surface area contributed by atoms with Gasteiger partial charge in [-0.1, -0.05) is 96.1 Å². The van der Waals surface area contributed by atoms with Crippen molar-refractivity contribution >= 4 is 27.5 Å². The number of benzene rings is 4. The van der Waals surface area contributed by atoms with Crippen molar-refractivity contribution in [2.24, 2.45) is 0 Å². The third-order valence-corrected chi connectivity index (χ3v) is 9.00. The zero-order chi connectivity index (χ0) is 30.3. The van der Waals surface area contributed by atoms with Gasteiger partial charge < -0.3 is 10.2 Å². The van der Waals surface area contributed by atoms with Gasteiger partial charge in [-0.05, 0) is 55.7 Å². The van der Waals surface area contributed by atoms with Crippen LogP contribution in [0.15, 0.2) is 108 Å². The summed E-state index contributed by atoms with van der Waals surface area (Å²) in [7, 11) is -2.58. The van der Waals surface area contributed by atoms with E-state index in [-0.39, 0.29) is 23.8 Å². The first kappa shape index (κ1) is 30.5. The van der Waals surface area contributed by atoms with Crippen molar-refractivity contribution in [2.45, 2.75) is 44.7 Å². The monoisotopic (exact) mass is 583 g/mol. The minimum atomic E-state index is -4.12. The molecular formula is C34H37N3O4S. The fourth-order valence-electron chi connectivity index (χ4n) is 4.93. The molecule has 2 amide bonds. The van der Waals surface area contributed by atoms with Crippen LogP contribution in [0.25, 0.3) is 0 Å². The second kappa shape index (κ2) is 13.5. The normalized spacial score (nSPS) is 11.9. The number of likely N-dealkylation sites (N-methyl/N-ethyl adjacent to an activating group) is 1. The number of amides is 2. The number of carbonyl (C=O) groups excluding carboxylic acids is 2. The fourth-order valence-corrected chi connectivity index (χ4v) is 6.43. The molecule has 42 heavy (non-hydrogen) atoms. The number of rotatable bonds is 11. The lowest BCUT2D eigenvalue weighted by atomic mass is 10.0. The van der Waals surface area contributed by atoms with E-state index in [0.29, 0.717) is 5.69 Å². The highest BCUT2D eigenvalue weighted by molar-refractivity contribution is 7.92. The molecule has 0 aliphatic heterocycles. The van der Waals surface area contributed by atoms with E-state index in [1.807, 2.05) is 87.5 Å². The van der Waals surface area contributed by atoms with Gasteiger partial charge in [-0.3, -0.25) is 13.9 Å². The highest BCUT2D eigenvalue weighted by atomic mass is 32.2. The standard InChI is InChI=1S/C34H37N3O4S/c1-25-15-18-29(19-16-25)23-36(32(34(39)35-4)22-28-11-7-5-8-12-28)33(38)24-37(31-20-17-26(2)21-27(31)3)42(40,41)30-13-9-6-10-14-30/h5-21,32H,22-24H2,1-4H3,(H,35,39)/t32-/m1/s1. The summed E-state index contributed by atoms with van der Waals surface area (Å²) in [5.41, 5.74) is 4.89. The second-order valence-corrected chi connectivity index (χ2v) is 12.3. The maximum Gasteiger partial charge on any atom is 0.264 e. The number of sulfonamides is 1. The van der Waals surface area contributed by atoms with Crippen molar-refractivity contribution in [1.82, 2.24) is 10.2 Å². The molecule has 4 aromatic carbocycles. The minimum Gasteiger partial charge on any atom is -0.357 e. The van der Waals surface area contributed by atoms with E-state index in [1.54, 1.807) is 24.3 Å². The van der Waals surface area contributed by atoms with Crippen LogP contribution in [-0.2, 0) is 32.6 Å². The first-order valence-electron chi connectivity index (χ1n) is 13.9. The summed E-state index contributed by atoms with van der Waals surface area (Å²) in [4.78, 5) is 29.3. The van der Waals surface area contributed by atoms with Gasteiger partial charge in [-0.25, -0.2) is 8.42 Å². The van der Waals surface area contributed by atoms with Crippen LogP contribution in [0.3, 0.4) is 0 Å². The summed E-state index contributed by atoms with van der Waals surface area (Å²) in [6, 6.07) is 29.9. The smallest absolute Gasteiger partial charge is 0.264 e. The molecule has 0 fully saturated rings. The molecule has 0 unspecified atom stereocenters. The topological polar surface area (TPSA) is 86.8 Å². The minimum absolute atomic E-state index is 0.0787. The molecule has 0 heterocycles. The Bertz CT molecular complexity index is 1620. The highest BCUT2D eigenvalue weighted by Crippen LogP contribution is 2.28. The maximum atomic E-state index is 14.3. The highest BCUT2D eigenvalue weighted by Gasteiger charge is 2.34. The third kappa shape index (κ3) is 7.25. The molecule has 0 aliphatic rings. The molecule has 7 nitrogen and oxygen atoms in total. The summed E-state index contributed by atoms with van der Waals surface area (Å²) in [5, 5.41) is 2.71. The molecule has 218 valence electrons. The number of aryl methyl sites for hydroxylation is 3. The van der Waals surface area contributed by atoms with Crippen molar-refractivity contribution in [3.05, 3.63) is 131 Å². The number of anilines is 1. The molecule has 0 radical (unpaired) electrons. The van der Waals surface area contributed by atoms with Crippen molar-refractivity contribution in [1.29, 1.82) is 0 Å². The summed E-state index contributed by atoms with van der Waals surface area (Å²) in [6.45, 7) is 5.39. The van der Waals surface area contributed by atoms with Gasteiger partial charge in [0.15, 0.2) is 0 Å². The van der Waals surface area contributed by atoms with Gasteiger partial charge in [0, 0.05) is 20.0 Å². The molecule has 0 spiro atoms. The zero-order valence-electron chi connectivity index (χ0n) is 24.4. The summed E-state index contributed by atoms with van der Waals surface area (Å²) < 4.78 is 29.3. The molecule has 4 aromatic rings. The number of hydrogen-bond donors (Lipinski definition) is 1. The SMILES string of the molecule is CNC(=O)[C@@H](Cc1ccccc1)N(Cc1ccc(C)cc1)C(=O)CN(c1ccc(C)cc1C)S(=O)(=O)c1ccccc1. The van der Waals surface area contributed by atoms with Crippen molar-refractivity contribution < 1.29 is 18.0 Å². The summed E-state index contributed by atoms with van der Waals surface area (Å²) in [5.74, 6) is -0.817. The van der Waals surface area contributed by atoms with Crippen LogP contribution in [-0.4, -0.2) is 44.8 Å². The van der Waals surface area contributed by atoms with Gasteiger partial charge in [-0.2, -0.15) is 0 Å². The van der Waals surface area contributed by atoms with Gasteiger partial charge >= 0.3 is 0 Å². The predicted octanol–water partition coefficient (Wildman–Crippen LogP) is 5.19. The second-order valence-electron chi connectivity index (χ2n) is 10.4.